The number of ether oxygens (including phenoxy) is 1. The van der Waals surface area contributed by atoms with Gasteiger partial charge in [-0.05, 0) is 11.6 Å². The van der Waals surface area contributed by atoms with Crippen molar-refractivity contribution in [3.8, 4) is 0 Å². The molecule has 0 saturated heterocycles. The SMILES string of the molecule is COC(=O)C(=O)C1CN(CCBr)c2ccccc21. The number of methoxy groups -OCH3 is 1. The van der Waals surface area contributed by atoms with Crippen LogP contribution in [0.2, 0.25) is 0 Å². The highest BCUT2D eigenvalue weighted by molar-refractivity contribution is 9.09. The Hall–Kier alpha value is -1.36. The zero-order valence-electron chi connectivity index (χ0n) is 10.1. The van der Waals surface area contributed by atoms with Gasteiger partial charge in [0.2, 0.25) is 5.78 Å². The molecule has 1 aliphatic heterocycles. The number of ketones is 1. The Bertz CT molecular complexity index is 475. The Balaban J connectivity index is 2.30. The minimum Gasteiger partial charge on any atom is -0.463 e. The molecule has 0 spiro atoms. The molecule has 1 aliphatic rings. The van der Waals surface area contributed by atoms with Gasteiger partial charge in [-0.3, -0.25) is 4.79 Å². The Morgan fingerprint density at radius 3 is 2.83 bits per heavy atom. The van der Waals surface area contributed by atoms with E-state index in [-0.39, 0.29) is 0 Å². The predicted molar refractivity (Wildman–Crippen MR) is 72.2 cm³/mol. The van der Waals surface area contributed by atoms with Crippen molar-refractivity contribution in [2.45, 2.75) is 5.92 Å². The first-order valence-corrected chi connectivity index (χ1v) is 6.83. The van der Waals surface area contributed by atoms with Crippen molar-refractivity contribution in [1.82, 2.24) is 0 Å². The van der Waals surface area contributed by atoms with Gasteiger partial charge >= 0.3 is 5.97 Å². The summed E-state index contributed by atoms with van der Waals surface area (Å²) >= 11 is 3.39. The van der Waals surface area contributed by atoms with Crippen LogP contribution in [0.15, 0.2) is 24.3 Å². The van der Waals surface area contributed by atoms with Crippen LogP contribution in [-0.2, 0) is 14.3 Å². The maximum absolute atomic E-state index is 12.0. The molecule has 96 valence electrons. The van der Waals surface area contributed by atoms with Gasteiger partial charge in [-0.25, -0.2) is 4.79 Å². The van der Waals surface area contributed by atoms with E-state index in [0.29, 0.717) is 6.54 Å². The molecule has 0 amide bonds. The molecule has 18 heavy (non-hydrogen) atoms. The van der Waals surface area contributed by atoms with Gasteiger partial charge in [0, 0.05) is 24.1 Å². The Morgan fingerprint density at radius 1 is 1.44 bits per heavy atom. The van der Waals surface area contributed by atoms with Crippen LogP contribution in [0.5, 0.6) is 0 Å². The minimum atomic E-state index is -0.768. The third kappa shape index (κ3) is 2.27. The number of nitrogens with zero attached hydrogens (tertiary/aromatic N) is 1. The topological polar surface area (TPSA) is 46.6 Å². The molecule has 1 unspecified atom stereocenters. The van der Waals surface area contributed by atoms with Crippen LogP contribution >= 0.6 is 15.9 Å². The first-order valence-electron chi connectivity index (χ1n) is 5.71. The molecule has 0 radical (unpaired) electrons. The van der Waals surface area contributed by atoms with Crippen molar-refractivity contribution in [3.63, 3.8) is 0 Å². The highest BCUT2D eigenvalue weighted by Gasteiger charge is 2.36. The van der Waals surface area contributed by atoms with Crippen molar-refractivity contribution in [3.05, 3.63) is 29.8 Å². The van der Waals surface area contributed by atoms with Crippen LogP contribution in [0.1, 0.15) is 11.5 Å². The molecule has 2 rings (SSSR count). The van der Waals surface area contributed by atoms with Gasteiger partial charge in [0.15, 0.2) is 0 Å². The van der Waals surface area contributed by atoms with E-state index in [4.69, 9.17) is 0 Å². The van der Waals surface area contributed by atoms with E-state index in [2.05, 4.69) is 25.6 Å². The average Bonchev–Trinajstić information content (AvgIpc) is 2.77. The predicted octanol–water partition coefficient (Wildman–Crippen LogP) is 1.73. The van der Waals surface area contributed by atoms with Crippen LogP contribution in [0.3, 0.4) is 0 Å². The van der Waals surface area contributed by atoms with Crippen molar-refractivity contribution in [2.24, 2.45) is 0 Å². The Kier molecular flexibility index (Phi) is 4.01. The van der Waals surface area contributed by atoms with Crippen molar-refractivity contribution >= 4 is 33.4 Å². The number of carbonyl (C=O) groups excluding carboxylic acids is 2. The van der Waals surface area contributed by atoms with Gasteiger partial charge in [-0.2, -0.15) is 0 Å². The number of para-hydroxylation sites is 1. The van der Waals surface area contributed by atoms with Crippen LogP contribution < -0.4 is 4.90 Å². The Morgan fingerprint density at radius 2 is 2.17 bits per heavy atom. The van der Waals surface area contributed by atoms with E-state index in [1.54, 1.807) is 0 Å². The lowest BCUT2D eigenvalue weighted by molar-refractivity contribution is -0.152. The first-order chi connectivity index (χ1) is 8.69. The van der Waals surface area contributed by atoms with Gasteiger partial charge in [0.25, 0.3) is 0 Å². The van der Waals surface area contributed by atoms with Crippen LogP contribution in [0.4, 0.5) is 5.69 Å². The quantitative estimate of drug-likeness (QED) is 0.482. The number of benzene rings is 1. The lowest BCUT2D eigenvalue weighted by atomic mass is 9.97. The minimum absolute atomic E-state index is 0.410. The lowest BCUT2D eigenvalue weighted by Gasteiger charge is -2.17. The summed E-state index contributed by atoms with van der Waals surface area (Å²) in [5.74, 6) is -1.65. The molecule has 1 aromatic rings. The van der Waals surface area contributed by atoms with Gasteiger partial charge in [-0.15, -0.1) is 0 Å². The summed E-state index contributed by atoms with van der Waals surface area (Å²) in [6.07, 6.45) is 0. The van der Waals surface area contributed by atoms with Crippen molar-refractivity contribution < 1.29 is 14.3 Å². The van der Waals surface area contributed by atoms with Crippen LogP contribution in [-0.4, -0.2) is 37.3 Å². The summed E-state index contributed by atoms with van der Waals surface area (Å²) < 4.78 is 4.52. The van der Waals surface area contributed by atoms with E-state index < -0.39 is 17.7 Å². The van der Waals surface area contributed by atoms with Crippen LogP contribution in [0.25, 0.3) is 0 Å². The summed E-state index contributed by atoms with van der Waals surface area (Å²) in [4.78, 5) is 25.5. The highest BCUT2D eigenvalue weighted by atomic mass is 79.9. The van der Waals surface area contributed by atoms with E-state index in [0.717, 1.165) is 23.1 Å². The molecule has 4 nitrogen and oxygen atoms in total. The second-order valence-electron chi connectivity index (χ2n) is 4.10. The van der Waals surface area contributed by atoms with Gasteiger partial charge < -0.3 is 9.64 Å². The van der Waals surface area contributed by atoms with Gasteiger partial charge in [0.1, 0.15) is 0 Å². The largest absolute Gasteiger partial charge is 0.463 e. The molecule has 0 aliphatic carbocycles. The standard InChI is InChI=1S/C13H14BrNO3/c1-18-13(17)12(16)10-8-15(7-6-14)11-5-3-2-4-9(10)11/h2-5,10H,6-8H2,1H3. The number of hydrogen-bond donors (Lipinski definition) is 0. The first kappa shape index (κ1) is 13.1. The number of hydrogen-bond acceptors (Lipinski definition) is 4. The summed E-state index contributed by atoms with van der Waals surface area (Å²) in [6, 6.07) is 7.69. The maximum Gasteiger partial charge on any atom is 0.375 e. The summed E-state index contributed by atoms with van der Waals surface area (Å²) in [5, 5.41) is 0.820. The monoisotopic (exact) mass is 311 g/mol. The molecule has 0 bridgehead atoms. The van der Waals surface area contributed by atoms with Gasteiger partial charge in [0.05, 0.1) is 13.0 Å². The van der Waals surface area contributed by atoms with E-state index in [1.165, 1.54) is 7.11 Å². The summed E-state index contributed by atoms with van der Waals surface area (Å²) in [5.41, 5.74) is 1.94. The smallest absolute Gasteiger partial charge is 0.375 e. The molecule has 1 atom stereocenters. The molecular weight excluding hydrogens is 298 g/mol. The Labute approximate surface area is 114 Å². The maximum atomic E-state index is 12.0. The second-order valence-corrected chi connectivity index (χ2v) is 4.90. The number of Topliss-reactive ketones (excluding diaryl/α,β-unsaturated/α-hetero) is 1. The lowest BCUT2D eigenvalue weighted by Crippen LogP contribution is -2.29. The fourth-order valence-corrected chi connectivity index (χ4v) is 2.70. The highest BCUT2D eigenvalue weighted by Crippen LogP contribution is 2.36. The molecular formula is C13H14BrNO3. The number of carbonyl (C=O) groups is 2. The van der Waals surface area contributed by atoms with E-state index in [1.807, 2.05) is 24.3 Å². The normalized spacial score (nSPS) is 17.4. The second kappa shape index (κ2) is 5.52. The zero-order valence-corrected chi connectivity index (χ0v) is 11.6. The van der Waals surface area contributed by atoms with Crippen molar-refractivity contribution in [2.75, 3.05) is 30.4 Å². The molecule has 1 heterocycles. The fourth-order valence-electron chi connectivity index (χ4n) is 2.27. The summed E-state index contributed by atoms with van der Waals surface area (Å²) in [6.45, 7) is 1.35. The third-order valence-electron chi connectivity index (χ3n) is 3.11. The van der Waals surface area contributed by atoms with Crippen molar-refractivity contribution in [1.29, 1.82) is 0 Å². The molecule has 0 aromatic heterocycles. The molecule has 0 N–H and O–H groups in total. The number of anilines is 1. The summed E-state index contributed by atoms with van der Waals surface area (Å²) in [7, 11) is 1.23. The number of fused-ring (bicyclic) bond motifs is 1. The third-order valence-corrected chi connectivity index (χ3v) is 3.47. The number of halogens is 1. The molecule has 0 fully saturated rings. The zero-order chi connectivity index (χ0) is 13.1. The number of esters is 1. The average molecular weight is 312 g/mol. The van der Waals surface area contributed by atoms with E-state index >= 15 is 0 Å². The fraction of sp³-hybridized carbons (Fsp3) is 0.385. The van der Waals surface area contributed by atoms with Crippen LogP contribution in [0, 0.1) is 0 Å². The van der Waals surface area contributed by atoms with Gasteiger partial charge in [-0.1, -0.05) is 34.1 Å². The number of rotatable bonds is 4. The molecule has 5 heteroatoms. The molecule has 0 saturated carbocycles. The number of alkyl halides is 1. The molecule has 1 aromatic carbocycles. The van der Waals surface area contributed by atoms with E-state index in [9.17, 15) is 9.59 Å².